The highest BCUT2D eigenvalue weighted by Crippen LogP contribution is 2.29. The average molecular weight is 346 g/mol. The van der Waals surface area contributed by atoms with Crippen molar-refractivity contribution in [3.05, 3.63) is 29.8 Å². The number of benzene rings is 1. The van der Waals surface area contributed by atoms with Crippen molar-refractivity contribution in [2.24, 2.45) is 0 Å². The Morgan fingerprint density at radius 2 is 2.12 bits per heavy atom. The van der Waals surface area contributed by atoms with Crippen molar-refractivity contribution in [3.8, 4) is 5.75 Å². The van der Waals surface area contributed by atoms with Crippen LogP contribution in [0.4, 0.5) is 0 Å². The third-order valence-electron chi connectivity index (χ3n) is 5.30. The Bertz CT molecular complexity index is 572. The van der Waals surface area contributed by atoms with E-state index in [1.165, 1.54) is 0 Å². The third-order valence-corrected chi connectivity index (χ3v) is 5.30. The van der Waals surface area contributed by atoms with Crippen LogP contribution in [-0.4, -0.2) is 49.3 Å². The van der Waals surface area contributed by atoms with Crippen LogP contribution in [0.2, 0.25) is 0 Å². The van der Waals surface area contributed by atoms with Gasteiger partial charge in [-0.2, -0.15) is 0 Å². The van der Waals surface area contributed by atoms with E-state index >= 15 is 0 Å². The predicted molar refractivity (Wildman–Crippen MR) is 97.7 cm³/mol. The second-order valence-electron chi connectivity index (χ2n) is 7.01. The van der Waals surface area contributed by atoms with Gasteiger partial charge < -0.3 is 19.7 Å². The molecule has 0 radical (unpaired) electrons. The van der Waals surface area contributed by atoms with Gasteiger partial charge in [0.15, 0.2) is 6.61 Å². The highest BCUT2D eigenvalue weighted by atomic mass is 16.5. The second-order valence-corrected chi connectivity index (χ2v) is 7.01. The van der Waals surface area contributed by atoms with E-state index in [1.54, 1.807) is 0 Å². The van der Waals surface area contributed by atoms with E-state index in [0.717, 1.165) is 56.7 Å². The predicted octanol–water partition coefficient (Wildman–Crippen LogP) is 2.91. The molecular formula is C20H30N2O3. The SMILES string of the molecule is CCC(NC1CCOC1C)c1ccccc1OCC(=O)N1CCCC1. The Morgan fingerprint density at radius 1 is 1.36 bits per heavy atom. The number of nitrogens with one attached hydrogen (secondary N) is 1. The van der Waals surface area contributed by atoms with Crippen LogP contribution in [-0.2, 0) is 9.53 Å². The molecule has 2 aliphatic heterocycles. The van der Waals surface area contributed by atoms with Gasteiger partial charge >= 0.3 is 0 Å². The molecule has 2 saturated heterocycles. The second kappa shape index (κ2) is 8.68. The van der Waals surface area contributed by atoms with E-state index in [1.807, 2.05) is 23.1 Å². The van der Waals surface area contributed by atoms with Gasteiger partial charge in [0, 0.05) is 37.3 Å². The van der Waals surface area contributed by atoms with Gasteiger partial charge in [0.25, 0.3) is 5.91 Å². The quantitative estimate of drug-likeness (QED) is 0.825. The summed E-state index contributed by atoms with van der Waals surface area (Å²) in [5, 5.41) is 3.71. The fraction of sp³-hybridized carbons (Fsp3) is 0.650. The molecule has 3 unspecified atom stereocenters. The monoisotopic (exact) mass is 346 g/mol. The topological polar surface area (TPSA) is 50.8 Å². The van der Waals surface area contributed by atoms with Crippen molar-refractivity contribution >= 4 is 5.91 Å². The molecule has 25 heavy (non-hydrogen) atoms. The van der Waals surface area contributed by atoms with Crippen LogP contribution in [0.15, 0.2) is 24.3 Å². The number of para-hydroxylation sites is 1. The van der Waals surface area contributed by atoms with E-state index in [9.17, 15) is 4.79 Å². The van der Waals surface area contributed by atoms with Gasteiger partial charge in [0.2, 0.25) is 0 Å². The minimum absolute atomic E-state index is 0.0890. The van der Waals surface area contributed by atoms with Crippen LogP contribution in [0.1, 0.15) is 51.1 Å². The smallest absolute Gasteiger partial charge is 0.260 e. The lowest BCUT2D eigenvalue weighted by Crippen LogP contribution is -2.37. The van der Waals surface area contributed by atoms with Gasteiger partial charge in [-0.1, -0.05) is 25.1 Å². The number of ether oxygens (including phenoxy) is 2. The molecular weight excluding hydrogens is 316 g/mol. The summed E-state index contributed by atoms with van der Waals surface area (Å²) in [6.45, 7) is 6.96. The van der Waals surface area contributed by atoms with Crippen molar-refractivity contribution in [2.45, 2.75) is 57.7 Å². The van der Waals surface area contributed by atoms with Crippen molar-refractivity contribution in [3.63, 3.8) is 0 Å². The minimum atomic E-state index is 0.0890. The highest BCUT2D eigenvalue weighted by molar-refractivity contribution is 5.78. The van der Waals surface area contributed by atoms with E-state index in [0.29, 0.717) is 6.04 Å². The Labute approximate surface area is 150 Å². The largest absolute Gasteiger partial charge is 0.483 e. The lowest BCUT2D eigenvalue weighted by atomic mass is 10.0. The number of nitrogens with zero attached hydrogens (tertiary/aromatic N) is 1. The molecule has 3 atom stereocenters. The van der Waals surface area contributed by atoms with Crippen LogP contribution in [0, 0.1) is 0 Å². The molecule has 5 heteroatoms. The summed E-state index contributed by atoms with van der Waals surface area (Å²) >= 11 is 0. The summed E-state index contributed by atoms with van der Waals surface area (Å²) in [6, 6.07) is 8.62. The zero-order chi connectivity index (χ0) is 17.6. The normalized spacial score (nSPS) is 24.5. The zero-order valence-electron chi connectivity index (χ0n) is 15.4. The van der Waals surface area contributed by atoms with Crippen LogP contribution < -0.4 is 10.1 Å². The standard InChI is InChI=1S/C20H30N2O3/c1-3-17(21-18-10-13-24-15(18)2)16-8-4-5-9-19(16)25-14-20(23)22-11-6-7-12-22/h4-5,8-9,15,17-18,21H,3,6-7,10-14H2,1-2H3. The fourth-order valence-corrected chi connectivity index (χ4v) is 3.73. The zero-order valence-corrected chi connectivity index (χ0v) is 15.4. The summed E-state index contributed by atoms with van der Waals surface area (Å²) < 4.78 is 11.6. The summed E-state index contributed by atoms with van der Waals surface area (Å²) in [7, 11) is 0. The van der Waals surface area contributed by atoms with Gasteiger partial charge in [0.1, 0.15) is 5.75 Å². The molecule has 0 spiro atoms. The third kappa shape index (κ3) is 4.53. The summed E-state index contributed by atoms with van der Waals surface area (Å²) in [5.74, 6) is 0.895. The lowest BCUT2D eigenvalue weighted by molar-refractivity contribution is -0.132. The van der Waals surface area contributed by atoms with Crippen molar-refractivity contribution in [2.75, 3.05) is 26.3 Å². The maximum Gasteiger partial charge on any atom is 0.260 e. The molecule has 0 aliphatic carbocycles. The van der Waals surface area contributed by atoms with E-state index in [-0.39, 0.29) is 24.7 Å². The van der Waals surface area contributed by atoms with Gasteiger partial charge in [-0.05, 0) is 38.7 Å². The lowest BCUT2D eigenvalue weighted by Gasteiger charge is -2.26. The molecule has 1 aromatic rings. The van der Waals surface area contributed by atoms with Gasteiger partial charge in [0.05, 0.1) is 6.10 Å². The van der Waals surface area contributed by atoms with E-state index < -0.39 is 0 Å². The maximum atomic E-state index is 12.3. The first kappa shape index (κ1) is 18.2. The highest BCUT2D eigenvalue weighted by Gasteiger charge is 2.27. The molecule has 0 aromatic heterocycles. The summed E-state index contributed by atoms with van der Waals surface area (Å²) in [5.41, 5.74) is 1.12. The van der Waals surface area contributed by atoms with Crippen molar-refractivity contribution < 1.29 is 14.3 Å². The van der Waals surface area contributed by atoms with Crippen LogP contribution in [0.25, 0.3) is 0 Å². The number of carbonyl (C=O) groups is 1. The summed E-state index contributed by atoms with van der Waals surface area (Å²) in [6.07, 6.45) is 4.44. The number of carbonyl (C=O) groups excluding carboxylic acids is 1. The summed E-state index contributed by atoms with van der Waals surface area (Å²) in [4.78, 5) is 14.2. The number of hydrogen-bond donors (Lipinski definition) is 1. The average Bonchev–Trinajstić information content (AvgIpc) is 3.30. The number of amides is 1. The first-order valence-corrected chi connectivity index (χ1v) is 9.56. The van der Waals surface area contributed by atoms with Crippen molar-refractivity contribution in [1.29, 1.82) is 0 Å². The van der Waals surface area contributed by atoms with Gasteiger partial charge in [-0.3, -0.25) is 4.79 Å². The van der Waals surface area contributed by atoms with E-state index in [4.69, 9.17) is 9.47 Å². The Hall–Kier alpha value is -1.59. The molecule has 1 aromatic carbocycles. The molecule has 138 valence electrons. The molecule has 5 nitrogen and oxygen atoms in total. The van der Waals surface area contributed by atoms with Gasteiger partial charge in [-0.15, -0.1) is 0 Å². The first-order chi connectivity index (χ1) is 12.2. The Balaban J connectivity index is 1.65. The Kier molecular flexibility index (Phi) is 6.32. The van der Waals surface area contributed by atoms with Crippen LogP contribution >= 0.6 is 0 Å². The molecule has 1 amide bonds. The van der Waals surface area contributed by atoms with Crippen molar-refractivity contribution in [1.82, 2.24) is 10.2 Å². The fourth-order valence-electron chi connectivity index (χ4n) is 3.73. The van der Waals surface area contributed by atoms with Crippen LogP contribution in [0.5, 0.6) is 5.75 Å². The molecule has 3 rings (SSSR count). The molecule has 0 bridgehead atoms. The molecule has 2 fully saturated rings. The Morgan fingerprint density at radius 3 is 2.80 bits per heavy atom. The van der Waals surface area contributed by atoms with Crippen LogP contribution in [0.3, 0.4) is 0 Å². The van der Waals surface area contributed by atoms with Gasteiger partial charge in [-0.25, -0.2) is 0 Å². The number of rotatable bonds is 7. The maximum absolute atomic E-state index is 12.3. The molecule has 1 N–H and O–H groups in total. The molecule has 2 heterocycles. The minimum Gasteiger partial charge on any atom is -0.483 e. The number of hydrogen-bond acceptors (Lipinski definition) is 4. The van der Waals surface area contributed by atoms with E-state index in [2.05, 4.69) is 25.2 Å². The first-order valence-electron chi connectivity index (χ1n) is 9.56. The molecule has 2 aliphatic rings. The molecule has 0 saturated carbocycles. The number of likely N-dealkylation sites (tertiary alicyclic amines) is 1.